The molecule has 2 aliphatic heterocycles. The predicted molar refractivity (Wildman–Crippen MR) is 166 cm³/mol. The Hall–Kier alpha value is -3.05. The fraction of sp³-hybridized carbons (Fsp3) is 0.629. The van der Waals surface area contributed by atoms with Crippen LogP contribution in [0.25, 0.3) is 6.08 Å². The van der Waals surface area contributed by atoms with Gasteiger partial charge in [0.05, 0.1) is 23.9 Å². The zero-order valence-electron chi connectivity index (χ0n) is 26.5. The number of esters is 1. The molecule has 4 fully saturated rings. The van der Waals surface area contributed by atoms with Gasteiger partial charge in [0.1, 0.15) is 25.1 Å². The van der Waals surface area contributed by atoms with Crippen LogP contribution in [-0.4, -0.2) is 79.4 Å². The molecule has 5 aliphatic rings. The summed E-state index contributed by atoms with van der Waals surface area (Å²) >= 11 is 0. The minimum absolute atomic E-state index is 0.0361. The number of hydrogen-bond acceptors (Lipinski definition) is 8. The maximum absolute atomic E-state index is 13.5. The minimum Gasteiger partial charge on any atom is -0.456 e. The van der Waals surface area contributed by atoms with E-state index in [0.717, 1.165) is 24.8 Å². The molecule has 0 bridgehead atoms. The molecular formula is C35H46N2O8. The van der Waals surface area contributed by atoms with Crippen LogP contribution in [-0.2, 0) is 28.5 Å². The summed E-state index contributed by atoms with van der Waals surface area (Å²) in [5.41, 5.74) is 3.65. The van der Waals surface area contributed by atoms with Gasteiger partial charge in [0, 0.05) is 31.5 Å². The number of nitrogens with one attached hydrogen (secondary N) is 2. The second kappa shape index (κ2) is 13.0. The monoisotopic (exact) mass is 622 g/mol. The van der Waals surface area contributed by atoms with E-state index in [1.165, 1.54) is 18.4 Å². The van der Waals surface area contributed by atoms with Crippen molar-refractivity contribution >= 4 is 23.9 Å². The summed E-state index contributed by atoms with van der Waals surface area (Å²) in [5, 5.41) is 14.1. The second-order valence-corrected chi connectivity index (χ2v) is 14.0. The minimum atomic E-state index is -0.703. The molecule has 2 saturated heterocycles. The molecule has 1 aromatic carbocycles. The SMILES string of the molecule is CC1(C)C[C@@H]2C(=Cc3cccc(C(=O)O[C@@H]4CC(C(=O)NCCC(=O)NCCO)=C[C@H]5OCO[C@H]54)c3)CCC3O[C@]3(C)CC[C@H]21. The highest BCUT2D eigenvalue weighted by Gasteiger charge is 2.56. The van der Waals surface area contributed by atoms with E-state index in [9.17, 15) is 14.4 Å². The van der Waals surface area contributed by atoms with Crippen LogP contribution in [0.15, 0.2) is 41.5 Å². The molecule has 10 heteroatoms. The number of allylic oxidation sites excluding steroid dienone is 1. The van der Waals surface area contributed by atoms with Gasteiger partial charge >= 0.3 is 5.97 Å². The number of fused-ring (bicyclic) bond motifs is 3. The highest BCUT2D eigenvalue weighted by Crippen LogP contribution is 2.59. The highest BCUT2D eigenvalue weighted by atomic mass is 16.7. The van der Waals surface area contributed by atoms with Gasteiger partial charge in [-0.05, 0) is 80.1 Å². The number of rotatable bonds is 9. The summed E-state index contributed by atoms with van der Waals surface area (Å²) in [5.74, 6) is 0.101. The summed E-state index contributed by atoms with van der Waals surface area (Å²) in [7, 11) is 0. The van der Waals surface area contributed by atoms with Gasteiger partial charge in [0.2, 0.25) is 11.8 Å². The predicted octanol–water partition coefficient (Wildman–Crippen LogP) is 3.68. The van der Waals surface area contributed by atoms with E-state index < -0.39 is 24.3 Å². The van der Waals surface area contributed by atoms with Crippen molar-refractivity contribution in [2.45, 2.75) is 95.7 Å². The number of carbonyl (C=O) groups excluding carboxylic acids is 3. The van der Waals surface area contributed by atoms with Gasteiger partial charge in [-0.2, -0.15) is 0 Å². The van der Waals surface area contributed by atoms with Gasteiger partial charge in [-0.1, -0.05) is 37.6 Å². The number of carbonyl (C=O) groups is 3. The number of ether oxygens (including phenoxy) is 4. The van der Waals surface area contributed by atoms with Crippen molar-refractivity contribution in [2.75, 3.05) is 26.5 Å². The Balaban J connectivity index is 1.11. The van der Waals surface area contributed by atoms with Crippen LogP contribution in [0, 0.1) is 17.3 Å². The van der Waals surface area contributed by atoms with E-state index in [1.54, 1.807) is 12.1 Å². The first-order valence-corrected chi connectivity index (χ1v) is 16.4. The van der Waals surface area contributed by atoms with E-state index in [-0.39, 0.29) is 56.7 Å². The van der Waals surface area contributed by atoms with Crippen LogP contribution in [0.3, 0.4) is 0 Å². The standard InChI is InChI=1S/C35H46N2O8/c1-34(2)19-25-22(7-8-29-35(3,45-29)11-9-26(25)34)15-21-5-4-6-23(16-21)33(41)44-28-18-24(17-27-31(28)43-20-42-27)32(40)37-12-10-30(39)36-13-14-38/h4-6,15-17,25-29,31,38H,7-14,18-20H2,1-3H3,(H,36,39)(H,37,40)/t25-,26-,27-,28-,29?,31-,35-/m1/s1. The maximum Gasteiger partial charge on any atom is 0.338 e. The lowest BCUT2D eigenvalue weighted by Crippen LogP contribution is -2.45. The second-order valence-electron chi connectivity index (χ2n) is 14.0. The van der Waals surface area contributed by atoms with E-state index in [4.69, 9.17) is 24.1 Å². The summed E-state index contributed by atoms with van der Waals surface area (Å²) in [6.07, 6.45) is 8.35. The van der Waals surface area contributed by atoms with Crippen molar-refractivity contribution in [3.8, 4) is 0 Å². The van der Waals surface area contributed by atoms with Crippen LogP contribution in [0.2, 0.25) is 0 Å². The van der Waals surface area contributed by atoms with Crippen molar-refractivity contribution < 1.29 is 38.4 Å². The van der Waals surface area contributed by atoms with Crippen LogP contribution < -0.4 is 10.6 Å². The van der Waals surface area contributed by atoms with Crippen LogP contribution >= 0.6 is 0 Å². The zero-order chi connectivity index (χ0) is 31.8. The Labute approximate surface area is 264 Å². The van der Waals surface area contributed by atoms with Crippen molar-refractivity contribution in [1.29, 1.82) is 0 Å². The topological polar surface area (TPSA) is 136 Å². The summed E-state index contributed by atoms with van der Waals surface area (Å²) in [6.45, 7) is 7.23. The van der Waals surface area contributed by atoms with Gasteiger partial charge in [-0.15, -0.1) is 0 Å². The largest absolute Gasteiger partial charge is 0.456 e. The molecular weight excluding hydrogens is 576 g/mol. The van der Waals surface area contributed by atoms with Crippen LogP contribution in [0.1, 0.15) is 81.6 Å². The molecule has 3 aliphatic carbocycles. The molecule has 2 amide bonds. The van der Waals surface area contributed by atoms with E-state index >= 15 is 0 Å². The highest BCUT2D eigenvalue weighted by molar-refractivity contribution is 5.94. The van der Waals surface area contributed by atoms with Crippen molar-refractivity contribution in [1.82, 2.24) is 10.6 Å². The molecule has 10 nitrogen and oxygen atoms in total. The summed E-state index contributed by atoms with van der Waals surface area (Å²) in [4.78, 5) is 38.2. The lowest BCUT2D eigenvalue weighted by Gasteiger charge is -2.53. The summed E-state index contributed by atoms with van der Waals surface area (Å²) in [6, 6.07) is 7.56. The molecule has 244 valence electrons. The van der Waals surface area contributed by atoms with E-state index in [1.807, 2.05) is 18.2 Å². The van der Waals surface area contributed by atoms with Gasteiger partial charge in [-0.25, -0.2) is 4.79 Å². The van der Waals surface area contributed by atoms with Crippen molar-refractivity contribution in [3.63, 3.8) is 0 Å². The lowest BCUT2D eigenvalue weighted by molar-refractivity contribution is -0.121. The number of hydrogen-bond donors (Lipinski definition) is 3. The fourth-order valence-electron chi connectivity index (χ4n) is 7.79. The first kappa shape index (κ1) is 31.9. The van der Waals surface area contributed by atoms with Crippen molar-refractivity contribution in [3.05, 3.63) is 52.6 Å². The van der Waals surface area contributed by atoms with Gasteiger partial charge in [0.15, 0.2) is 0 Å². The molecule has 45 heavy (non-hydrogen) atoms. The number of amides is 2. The molecule has 0 radical (unpaired) electrons. The first-order valence-electron chi connectivity index (χ1n) is 16.4. The Bertz CT molecular complexity index is 1370. The Kier molecular flexibility index (Phi) is 9.21. The number of epoxide rings is 1. The van der Waals surface area contributed by atoms with Gasteiger partial charge in [-0.3, -0.25) is 9.59 Å². The Morgan fingerprint density at radius 3 is 2.76 bits per heavy atom. The molecule has 3 N–H and O–H groups in total. The molecule has 2 saturated carbocycles. The van der Waals surface area contributed by atoms with E-state index in [0.29, 0.717) is 34.5 Å². The zero-order valence-corrected chi connectivity index (χ0v) is 26.5. The molecule has 1 aromatic rings. The lowest BCUT2D eigenvalue weighted by atomic mass is 9.52. The number of aliphatic hydroxyl groups excluding tert-OH is 1. The fourth-order valence-corrected chi connectivity index (χ4v) is 7.79. The average Bonchev–Trinajstić information content (AvgIpc) is 3.39. The summed E-state index contributed by atoms with van der Waals surface area (Å²) < 4.78 is 23.5. The normalized spacial score (nSPS) is 34.0. The molecule has 0 spiro atoms. The number of aliphatic hydroxyl groups is 1. The average molecular weight is 623 g/mol. The van der Waals surface area contributed by atoms with Crippen LogP contribution in [0.5, 0.6) is 0 Å². The first-order chi connectivity index (χ1) is 21.6. The Morgan fingerprint density at radius 2 is 1.96 bits per heavy atom. The molecule has 0 aromatic heterocycles. The maximum atomic E-state index is 13.5. The molecule has 7 atom stereocenters. The molecule has 2 heterocycles. The molecule has 6 rings (SSSR count). The smallest absolute Gasteiger partial charge is 0.338 e. The number of benzene rings is 1. The third-order valence-electron chi connectivity index (χ3n) is 10.5. The van der Waals surface area contributed by atoms with Crippen LogP contribution in [0.4, 0.5) is 0 Å². The van der Waals surface area contributed by atoms with E-state index in [2.05, 4.69) is 37.5 Å². The van der Waals surface area contributed by atoms with Gasteiger partial charge < -0.3 is 34.7 Å². The van der Waals surface area contributed by atoms with Crippen molar-refractivity contribution in [2.24, 2.45) is 17.3 Å². The third kappa shape index (κ3) is 7.04. The third-order valence-corrected chi connectivity index (χ3v) is 10.5. The Morgan fingerprint density at radius 1 is 1.11 bits per heavy atom. The van der Waals surface area contributed by atoms with Gasteiger partial charge in [0.25, 0.3) is 0 Å². The molecule has 1 unspecified atom stereocenters. The quantitative estimate of drug-likeness (QED) is 0.281.